The van der Waals surface area contributed by atoms with Crippen molar-refractivity contribution < 1.29 is 23.1 Å². The number of carboxylic acid groups (broad SMARTS) is 1. The first-order chi connectivity index (χ1) is 12.5. The summed E-state index contributed by atoms with van der Waals surface area (Å²) < 4.78 is 43.5. The topological polar surface area (TPSA) is 59.3 Å². The molecule has 2 aromatic carbocycles. The molecule has 0 aliphatic carbocycles. The molecule has 0 spiro atoms. The van der Waals surface area contributed by atoms with Crippen LogP contribution in [0, 0.1) is 17.5 Å². The zero-order valence-electron chi connectivity index (χ0n) is 14.8. The number of fused-ring (bicyclic) bond motifs is 1. The summed E-state index contributed by atoms with van der Waals surface area (Å²) >= 11 is 0. The number of carbonyl (C=O) groups is 1. The maximum absolute atomic E-state index is 14.7. The lowest BCUT2D eigenvalue weighted by molar-refractivity contribution is 0.0694. The van der Waals surface area contributed by atoms with Crippen LogP contribution in [-0.4, -0.2) is 15.6 Å². The minimum absolute atomic E-state index is 0.131. The molecule has 3 rings (SSSR count). The Morgan fingerprint density at radius 3 is 2.19 bits per heavy atom. The third kappa shape index (κ3) is 3.20. The predicted molar refractivity (Wildman–Crippen MR) is 95.5 cm³/mol. The van der Waals surface area contributed by atoms with Crippen molar-refractivity contribution in [3.63, 3.8) is 0 Å². The molecular weight excluding hydrogens is 359 g/mol. The van der Waals surface area contributed by atoms with Crippen LogP contribution in [0.1, 0.15) is 31.1 Å². The zero-order chi connectivity index (χ0) is 20.1. The molecule has 0 aliphatic heterocycles. The third-order valence-electron chi connectivity index (χ3n) is 4.27. The highest BCUT2D eigenvalue weighted by Crippen LogP contribution is 2.31. The molecular formula is C20H16F3NO3. The van der Waals surface area contributed by atoms with Gasteiger partial charge in [-0.3, -0.25) is 4.79 Å². The number of aromatic carboxylic acids is 1. The summed E-state index contributed by atoms with van der Waals surface area (Å²) in [6.07, 6.45) is 1.19. The Balaban J connectivity index is 2.45. The van der Waals surface area contributed by atoms with Crippen molar-refractivity contribution in [1.29, 1.82) is 0 Å². The van der Waals surface area contributed by atoms with Gasteiger partial charge in [0.2, 0.25) is 5.43 Å². The van der Waals surface area contributed by atoms with E-state index in [2.05, 4.69) is 0 Å². The van der Waals surface area contributed by atoms with Gasteiger partial charge in [0.25, 0.3) is 0 Å². The first kappa shape index (κ1) is 18.7. The van der Waals surface area contributed by atoms with Crippen LogP contribution in [0.4, 0.5) is 13.2 Å². The van der Waals surface area contributed by atoms with Crippen LogP contribution in [0.3, 0.4) is 0 Å². The first-order valence-electron chi connectivity index (χ1n) is 8.09. The fourth-order valence-corrected chi connectivity index (χ4v) is 2.97. The third-order valence-corrected chi connectivity index (χ3v) is 4.27. The SMILES string of the molecule is CC(C)(C)n1cc(C(=O)O)c(=O)c2cc(F)c(-c3ccc(F)cc3F)cc21. The number of halogens is 3. The van der Waals surface area contributed by atoms with Gasteiger partial charge in [-0.1, -0.05) is 0 Å². The summed E-state index contributed by atoms with van der Waals surface area (Å²) in [5, 5.41) is 9.16. The smallest absolute Gasteiger partial charge is 0.341 e. The largest absolute Gasteiger partial charge is 0.477 e. The summed E-state index contributed by atoms with van der Waals surface area (Å²) in [5.74, 6) is -4.07. The van der Waals surface area contributed by atoms with Gasteiger partial charge in [-0.2, -0.15) is 0 Å². The molecule has 7 heteroatoms. The van der Waals surface area contributed by atoms with Crippen LogP contribution in [-0.2, 0) is 5.54 Å². The molecule has 0 radical (unpaired) electrons. The molecule has 0 fully saturated rings. The van der Waals surface area contributed by atoms with E-state index in [0.29, 0.717) is 6.07 Å². The molecule has 0 amide bonds. The number of benzene rings is 2. The molecule has 1 N–H and O–H groups in total. The van der Waals surface area contributed by atoms with Gasteiger partial charge in [0.15, 0.2) is 0 Å². The molecule has 0 saturated carbocycles. The Labute approximate surface area is 152 Å². The van der Waals surface area contributed by atoms with Crippen molar-refractivity contribution in [2.75, 3.05) is 0 Å². The summed E-state index contributed by atoms with van der Waals surface area (Å²) in [6.45, 7) is 5.35. The van der Waals surface area contributed by atoms with Crippen molar-refractivity contribution in [3.8, 4) is 11.1 Å². The van der Waals surface area contributed by atoms with Gasteiger partial charge in [-0.05, 0) is 45.0 Å². The molecule has 1 heterocycles. The number of aromatic nitrogens is 1. The standard InChI is InChI=1S/C20H16F3NO3/c1-20(2,3)24-9-14(19(26)27)18(25)13-7-16(23)12(8-17(13)24)11-5-4-10(21)6-15(11)22/h4-9H,1-3H3,(H,26,27). The van der Waals surface area contributed by atoms with Gasteiger partial charge in [0, 0.05) is 34.3 Å². The maximum atomic E-state index is 14.7. The molecule has 0 atom stereocenters. The quantitative estimate of drug-likeness (QED) is 0.715. The van der Waals surface area contributed by atoms with E-state index < -0.39 is 40.0 Å². The fourth-order valence-electron chi connectivity index (χ4n) is 2.97. The Bertz CT molecular complexity index is 1140. The zero-order valence-corrected chi connectivity index (χ0v) is 14.8. The number of pyridine rings is 1. The number of nitrogens with zero attached hydrogens (tertiary/aromatic N) is 1. The van der Waals surface area contributed by atoms with Crippen molar-refractivity contribution >= 4 is 16.9 Å². The summed E-state index contributed by atoms with van der Waals surface area (Å²) in [4.78, 5) is 23.9. The van der Waals surface area contributed by atoms with E-state index in [-0.39, 0.29) is 22.0 Å². The van der Waals surface area contributed by atoms with Crippen LogP contribution in [0.25, 0.3) is 22.0 Å². The molecule has 1 aromatic heterocycles. The summed E-state index contributed by atoms with van der Waals surface area (Å²) in [5.41, 5.74) is -2.03. The monoisotopic (exact) mass is 375 g/mol. The molecule has 3 aromatic rings. The van der Waals surface area contributed by atoms with E-state index in [1.807, 2.05) is 0 Å². The van der Waals surface area contributed by atoms with Gasteiger partial charge in [0.1, 0.15) is 23.0 Å². The summed E-state index contributed by atoms with van der Waals surface area (Å²) in [7, 11) is 0. The molecule has 140 valence electrons. The second-order valence-electron chi connectivity index (χ2n) is 7.19. The van der Waals surface area contributed by atoms with Crippen LogP contribution in [0.2, 0.25) is 0 Å². The van der Waals surface area contributed by atoms with Crippen LogP contribution < -0.4 is 5.43 Å². The fraction of sp³-hybridized carbons (Fsp3) is 0.200. The van der Waals surface area contributed by atoms with Crippen molar-refractivity contribution in [2.24, 2.45) is 0 Å². The number of hydrogen-bond donors (Lipinski definition) is 1. The maximum Gasteiger partial charge on any atom is 0.341 e. The van der Waals surface area contributed by atoms with Gasteiger partial charge >= 0.3 is 5.97 Å². The van der Waals surface area contributed by atoms with Gasteiger partial charge in [0.05, 0.1) is 5.52 Å². The second kappa shape index (κ2) is 6.26. The Morgan fingerprint density at radius 1 is 1.00 bits per heavy atom. The average Bonchev–Trinajstić information content (AvgIpc) is 2.54. The lowest BCUT2D eigenvalue weighted by Gasteiger charge is -2.26. The molecule has 0 saturated heterocycles. The second-order valence-corrected chi connectivity index (χ2v) is 7.19. The summed E-state index contributed by atoms with van der Waals surface area (Å²) in [6, 6.07) is 4.93. The molecule has 0 bridgehead atoms. The van der Waals surface area contributed by atoms with Crippen molar-refractivity contribution in [3.05, 3.63) is 69.8 Å². The van der Waals surface area contributed by atoms with Crippen molar-refractivity contribution in [2.45, 2.75) is 26.3 Å². The van der Waals surface area contributed by atoms with E-state index in [0.717, 1.165) is 18.2 Å². The van der Waals surface area contributed by atoms with Gasteiger partial charge < -0.3 is 9.67 Å². The molecule has 0 aliphatic rings. The van der Waals surface area contributed by atoms with E-state index in [9.17, 15) is 27.9 Å². The first-order valence-corrected chi connectivity index (χ1v) is 8.09. The Kier molecular flexibility index (Phi) is 4.34. The van der Waals surface area contributed by atoms with Crippen LogP contribution in [0.5, 0.6) is 0 Å². The van der Waals surface area contributed by atoms with Gasteiger partial charge in [-0.15, -0.1) is 0 Å². The molecule has 4 nitrogen and oxygen atoms in total. The normalized spacial score (nSPS) is 11.8. The lowest BCUT2D eigenvalue weighted by Crippen LogP contribution is -2.27. The van der Waals surface area contributed by atoms with Crippen LogP contribution >= 0.6 is 0 Å². The highest BCUT2D eigenvalue weighted by atomic mass is 19.1. The van der Waals surface area contributed by atoms with Crippen LogP contribution in [0.15, 0.2) is 41.3 Å². The molecule has 0 unspecified atom stereocenters. The lowest BCUT2D eigenvalue weighted by atomic mass is 9.99. The minimum Gasteiger partial charge on any atom is -0.477 e. The Hall–Kier alpha value is -3.09. The number of hydrogen-bond acceptors (Lipinski definition) is 2. The predicted octanol–water partition coefficient (Wildman–Crippen LogP) is 4.54. The highest BCUT2D eigenvalue weighted by Gasteiger charge is 2.23. The van der Waals surface area contributed by atoms with Crippen molar-refractivity contribution in [1.82, 2.24) is 4.57 Å². The minimum atomic E-state index is -1.42. The van der Waals surface area contributed by atoms with E-state index in [4.69, 9.17) is 0 Å². The average molecular weight is 375 g/mol. The van der Waals surface area contributed by atoms with E-state index in [1.54, 1.807) is 20.8 Å². The van der Waals surface area contributed by atoms with E-state index >= 15 is 0 Å². The van der Waals surface area contributed by atoms with E-state index in [1.165, 1.54) is 16.8 Å². The molecule has 27 heavy (non-hydrogen) atoms. The number of carboxylic acids is 1. The number of rotatable bonds is 2. The Morgan fingerprint density at radius 2 is 1.63 bits per heavy atom. The van der Waals surface area contributed by atoms with Gasteiger partial charge in [-0.25, -0.2) is 18.0 Å². The highest BCUT2D eigenvalue weighted by molar-refractivity contribution is 5.94.